The van der Waals surface area contributed by atoms with Gasteiger partial charge in [-0.25, -0.2) is 0 Å². The second kappa shape index (κ2) is 10.6. The molecule has 1 nitrogen and oxygen atoms in total. The summed E-state index contributed by atoms with van der Waals surface area (Å²) in [6.07, 6.45) is 6.44. The number of hydrogen-bond donors (Lipinski definition) is 0. The quantitative estimate of drug-likeness (QED) is 0.266. The standard InChI is InChI=1S/C27H30O/c1-3-5-9-19-28-21-22-13-18-27(26(20-22)10-4-2)25-16-14-24(15-17-25)23-11-7-6-8-12-23/h4,6-8,11-18,20H,2-3,5,9-10,19,21H2,1H3. The molecule has 0 aliphatic rings. The van der Waals surface area contributed by atoms with Crippen molar-refractivity contribution < 1.29 is 4.74 Å². The molecule has 3 rings (SSSR count). The van der Waals surface area contributed by atoms with Crippen molar-refractivity contribution in [2.75, 3.05) is 6.61 Å². The normalized spacial score (nSPS) is 10.8. The number of rotatable bonds is 10. The lowest BCUT2D eigenvalue weighted by Crippen LogP contribution is -1.98. The fourth-order valence-electron chi connectivity index (χ4n) is 3.46. The fraction of sp³-hybridized carbons (Fsp3) is 0.259. The van der Waals surface area contributed by atoms with E-state index in [9.17, 15) is 0 Å². The van der Waals surface area contributed by atoms with Crippen molar-refractivity contribution in [2.24, 2.45) is 0 Å². The molecule has 144 valence electrons. The first-order chi connectivity index (χ1) is 13.8. The summed E-state index contributed by atoms with van der Waals surface area (Å²) in [5, 5.41) is 0. The zero-order valence-electron chi connectivity index (χ0n) is 16.9. The van der Waals surface area contributed by atoms with Crippen LogP contribution in [0.5, 0.6) is 0 Å². The van der Waals surface area contributed by atoms with E-state index in [4.69, 9.17) is 4.74 Å². The molecule has 0 fully saturated rings. The molecule has 0 spiro atoms. The molecule has 0 aromatic heterocycles. The molecule has 0 amide bonds. The van der Waals surface area contributed by atoms with E-state index < -0.39 is 0 Å². The predicted molar refractivity (Wildman–Crippen MR) is 120 cm³/mol. The van der Waals surface area contributed by atoms with Gasteiger partial charge >= 0.3 is 0 Å². The smallest absolute Gasteiger partial charge is 0.0716 e. The van der Waals surface area contributed by atoms with Crippen molar-refractivity contribution in [3.63, 3.8) is 0 Å². The summed E-state index contributed by atoms with van der Waals surface area (Å²) in [7, 11) is 0. The zero-order valence-corrected chi connectivity index (χ0v) is 16.9. The Labute approximate surface area is 169 Å². The lowest BCUT2D eigenvalue weighted by atomic mass is 9.94. The maximum atomic E-state index is 5.84. The van der Waals surface area contributed by atoms with Crippen LogP contribution < -0.4 is 0 Å². The first kappa shape index (κ1) is 20.1. The number of ether oxygens (including phenoxy) is 1. The van der Waals surface area contributed by atoms with Gasteiger partial charge in [-0.2, -0.15) is 0 Å². The highest BCUT2D eigenvalue weighted by Gasteiger charge is 2.07. The Morgan fingerprint density at radius 2 is 1.54 bits per heavy atom. The minimum Gasteiger partial charge on any atom is -0.377 e. The minimum absolute atomic E-state index is 0.682. The molecular weight excluding hydrogens is 340 g/mol. The largest absolute Gasteiger partial charge is 0.377 e. The van der Waals surface area contributed by atoms with E-state index in [0.717, 1.165) is 19.4 Å². The molecule has 0 saturated carbocycles. The summed E-state index contributed by atoms with van der Waals surface area (Å²) in [6.45, 7) is 7.68. The molecule has 0 radical (unpaired) electrons. The number of hydrogen-bond acceptors (Lipinski definition) is 1. The van der Waals surface area contributed by atoms with Crippen molar-refractivity contribution in [2.45, 2.75) is 39.2 Å². The molecular formula is C27H30O. The van der Waals surface area contributed by atoms with Crippen LogP contribution >= 0.6 is 0 Å². The van der Waals surface area contributed by atoms with E-state index in [1.54, 1.807) is 0 Å². The Bertz CT molecular complexity index is 863. The third-order valence-corrected chi connectivity index (χ3v) is 5.00. The van der Waals surface area contributed by atoms with Crippen molar-refractivity contribution in [3.05, 3.63) is 96.6 Å². The Balaban J connectivity index is 1.76. The van der Waals surface area contributed by atoms with Gasteiger partial charge in [0.2, 0.25) is 0 Å². The Morgan fingerprint density at radius 3 is 2.25 bits per heavy atom. The van der Waals surface area contributed by atoms with Crippen LogP contribution in [0.3, 0.4) is 0 Å². The van der Waals surface area contributed by atoms with Gasteiger partial charge in [-0.15, -0.1) is 6.58 Å². The molecule has 28 heavy (non-hydrogen) atoms. The van der Waals surface area contributed by atoms with Crippen LogP contribution in [-0.2, 0) is 17.8 Å². The zero-order chi connectivity index (χ0) is 19.6. The molecule has 0 aliphatic heterocycles. The van der Waals surface area contributed by atoms with Crippen LogP contribution in [0.25, 0.3) is 22.3 Å². The molecule has 0 unspecified atom stereocenters. The van der Waals surface area contributed by atoms with Crippen molar-refractivity contribution >= 4 is 0 Å². The Hall–Kier alpha value is -2.64. The van der Waals surface area contributed by atoms with Gasteiger partial charge in [0, 0.05) is 6.61 Å². The molecule has 0 bridgehead atoms. The van der Waals surface area contributed by atoms with Gasteiger partial charge in [0.1, 0.15) is 0 Å². The summed E-state index contributed by atoms with van der Waals surface area (Å²) in [6, 6.07) is 26.0. The highest BCUT2D eigenvalue weighted by Crippen LogP contribution is 2.28. The lowest BCUT2D eigenvalue weighted by Gasteiger charge is -2.12. The molecule has 0 aliphatic carbocycles. The summed E-state index contributed by atoms with van der Waals surface area (Å²) < 4.78 is 5.84. The van der Waals surface area contributed by atoms with Crippen LogP contribution in [0, 0.1) is 0 Å². The van der Waals surface area contributed by atoms with Gasteiger partial charge in [-0.3, -0.25) is 0 Å². The lowest BCUT2D eigenvalue weighted by molar-refractivity contribution is 0.117. The van der Waals surface area contributed by atoms with Crippen molar-refractivity contribution in [3.8, 4) is 22.3 Å². The molecule has 3 aromatic carbocycles. The van der Waals surface area contributed by atoms with Gasteiger partial charge in [0.25, 0.3) is 0 Å². The second-order valence-corrected chi connectivity index (χ2v) is 7.19. The highest BCUT2D eigenvalue weighted by molar-refractivity contribution is 5.72. The van der Waals surface area contributed by atoms with Gasteiger partial charge < -0.3 is 4.74 Å². The third-order valence-electron chi connectivity index (χ3n) is 5.00. The number of allylic oxidation sites excluding steroid dienone is 1. The molecule has 3 aromatic rings. The number of unbranched alkanes of at least 4 members (excludes halogenated alkanes) is 2. The van der Waals surface area contributed by atoms with Gasteiger partial charge in [0.15, 0.2) is 0 Å². The average Bonchev–Trinajstić information content (AvgIpc) is 2.75. The van der Waals surface area contributed by atoms with Gasteiger partial charge in [0.05, 0.1) is 6.61 Å². The summed E-state index contributed by atoms with van der Waals surface area (Å²) in [5.74, 6) is 0. The summed E-state index contributed by atoms with van der Waals surface area (Å²) in [4.78, 5) is 0. The maximum absolute atomic E-state index is 5.84. The van der Waals surface area contributed by atoms with Crippen LogP contribution in [-0.4, -0.2) is 6.61 Å². The molecule has 0 N–H and O–H groups in total. The molecule has 1 heteroatoms. The molecule has 0 heterocycles. The minimum atomic E-state index is 0.682. The van der Waals surface area contributed by atoms with E-state index in [1.807, 2.05) is 6.08 Å². The summed E-state index contributed by atoms with van der Waals surface area (Å²) in [5.41, 5.74) is 7.54. The first-order valence-electron chi connectivity index (χ1n) is 10.3. The third kappa shape index (κ3) is 5.43. The van der Waals surface area contributed by atoms with Crippen molar-refractivity contribution in [1.82, 2.24) is 0 Å². The van der Waals surface area contributed by atoms with Crippen LogP contribution in [0.4, 0.5) is 0 Å². The van der Waals surface area contributed by atoms with E-state index in [-0.39, 0.29) is 0 Å². The Kier molecular flexibility index (Phi) is 7.63. The van der Waals surface area contributed by atoms with Crippen molar-refractivity contribution in [1.29, 1.82) is 0 Å². The van der Waals surface area contributed by atoms with Crippen LogP contribution in [0.15, 0.2) is 85.5 Å². The van der Waals surface area contributed by atoms with Gasteiger partial charge in [-0.05, 0) is 46.2 Å². The SMILES string of the molecule is C=CCc1cc(COCCCCC)ccc1-c1ccc(-c2ccccc2)cc1. The first-order valence-corrected chi connectivity index (χ1v) is 10.3. The van der Waals surface area contributed by atoms with Gasteiger partial charge in [-0.1, -0.05) is 98.6 Å². The van der Waals surface area contributed by atoms with E-state index >= 15 is 0 Å². The van der Waals surface area contributed by atoms with E-state index in [2.05, 4.69) is 86.3 Å². The average molecular weight is 371 g/mol. The summed E-state index contributed by atoms with van der Waals surface area (Å²) >= 11 is 0. The van der Waals surface area contributed by atoms with Crippen LogP contribution in [0.2, 0.25) is 0 Å². The topological polar surface area (TPSA) is 9.23 Å². The predicted octanol–water partition coefficient (Wildman–Crippen LogP) is 7.46. The molecule has 0 saturated heterocycles. The molecule has 0 atom stereocenters. The maximum Gasteiger partial charge on any atom is 0.0716 e. The van der Waals surface area contributed by atoms with E-state index in [0.29, 0.717) is 6.61 Å². The van der Waals surface area contributed by atoms with E-state index in [1.165, 1.54) is 46.2 Å². The second-order valence-electron chi connectivity index (χ2n) is 7.19. The number of benzene rings is 3. The Morgan fingerprint density at radius 1 is 0.821 bits per heavy atom. The monoisotopic (exact) mass is 370 g/mol. The fourth-order valence-corrected chi connectivity index (χ4v) is 3.46. The highest BCUT2D eigenvalue weighted by atomic mass is 16.5. The van der Waals surface area contributed by atoms with Crippen LogP contribution in [0.1, 0.15) is 37.3 Å².